The molecule has 1 aliphatic carbocycles. The molecule has 1 saturated carbocycles. The van der Waals surface area contributed by atoms with E-state index in [0.717, 1.165) is 47.5 Å². The van der Waals surface area contributed by atoms with Gasteiger partial charge in [-0.1, -0.05) is 6.07 Å². The summed E-state index contributed by atoms with van der Waals surface area (Å²) < 4.78 is 2.32. The minimum absolute atomic E-state index is 0.166. The summed E-state index contributed by atoms with van der Waals surface area (Å²) >= 11 is 0. The number of hydrogen-bond acceptors (Lipinski definition) is 6. The maximum absolute atomic E-state index is 13.1. The number of benzene rings is 1. The number of aromatic nitrogens is 3. The highest BCUT2D eigenvalue weighted by Crippen LogP contribution is 2.36. The van der Waals surface area contributed by atoms with Gasteiger partial charge in [0.05, 0.1) is 5.69 Å². The Balaban J connectivity index is 1.25. The highest BCUT2D eigenvalue weighted by atomic mass is 16.2. The van der Waals surface area contributed by atoms with Crippen LogP contribution in [0.15, 0.2) is 30.5 Å². The number of rotatable bonds is 5. The van der Waals surface area contributed by atoms with Crippen LogP contribution < -0.4 is 5.32 Å². The molecule has 4 aliphatic rings. The van der Waals surface area contributed by atoms with Gasteiger partial charge in [0.2, 0.25) is 11.8 Å². The zero-order valence-electron chi connectivity index (χ0n) is 20.8. The van der Waals surface area contributed by atoms with Gasteiger partial charge in [0, 0.05) is 48.3 Å². The van der Waals surface area contributed by atoms with Crippen molar-refractivity contribution >= 4 is 28.8 Å². The summed E-state index contributed by atoms with van der Waals surface area (Å²) in [5, 5.41) is 3.49. The molecule has 3 fully saturated rings. The Bertz CT molecular complexity index is 1440. The van der Waals surface area contributed by atoms with Crippen molar-refractivity contribution < 1.29 is 14.4 Å². The van der Waals surface area contributed by atoms with E-state index in [1.165, 1.54) is 32.1 Å². The first-order chi connectivity index (χ1) is 18.0. The topological polar surface area (TPSA) is 100 Å². The molecule has 0 spiro atoms. The summed E-state index contributed by atoms with van der Waals surface area (Å²) in [7, 11) is 0. The number of piperidine rings is 1. The lowest BCUT2D eigenvalue weighted by Crippen LogP contribution is -2.52. The van der Waals surface area contributed by atoms with Crippen LogP contribution in [0.1, 0.15) is 72.6 Å². The lowest BCUT2D eigenvalue weighted by atomic mass is 9.93. The predicted octanol–water partition coefficient (Wildman–Crippen LogP) is 3.18. The molecule has 3 aliphatic heterocycles. The highest BCUT2D eigenvalue weighted by molar-refractivity contribution is 6.05. The number of hydrogen-bond donors (Lipinski definition) is 1. The van der Waals surface area contributed by atoms with E-state index in [4.69, 9.17) is 9.97 Å². The van der Waals surface area contributed by atoms with Crippen LogP contribution in [0.3, 0.4) is 0 Å². The molecule has 37 heavy (non-hydrogen) atoms. The van der Waals surface area contributed by atoms with Crippen molar-refractivity contribution in [2.24, 2.45) is 0 Å². The van der Waals surface area contributed by atoms with E-state index in [9.17, 15) is 14.4 Å². The van der Waals surface area contributed by atoms with Crippen molar-refractivity contribution in [1.82, 2.24) is 29.7 Å². The van der Waals surface area contributed by atoms with Gasteiger partial charge >= 0.3 is 0 Å². The van der Waals surface area contributed by atoms with Gasteiger partial charge in [0.15, 0.2) is 5.82 Å². The lowest BCUT2D eigenvalue weighted by molar-refractivity contribution is -0.136. The molecule has 1 aromatic carbocycles. The third-order valence-electron chi connectivity index (χ3n) is 8.47. The molecule has 1 N–H and O–H groups in total. The van der Waals surface area contributed by atoms with Crippen LogP contribution >= 0.6 is 0 Å². The third-order valence-corrected chi connectivity index (χ3v) is 8.47. The van der Waals surface area contributed by atoms with E-state index in [1.807, 2.05) is 18.2 Å². The first kappa shape index (κ1) is 22.6. The normalized spacial score (nSPS) is 22.5. The number of amides is 3. The van der Waals surface area contributed by atoms with E-state index >= 15 is 0 Å². The van der Waals surface area contributed by atoms with E-state index in [0.29, 0.717) is 30.4 Å². The van der Waals surface area contributed by atoms with E-state index in [1.54, 1.807) is 4.90 Å². The molecule has 2 saturated heterocycles. The van der Waals surface area contributed by atoms with Crippen molar-refractivity contribution in [2.45, 2.75) is 70.1 Å². The number of likely N-dealkylation sites (tertiary alicyclic amines) is 1. The lowest BCUT2D eigenvalue weighted by Gasteiger charge is -2.29. The number of fused-ring (bicyclic) bond motifs is 2. The molecule has 2 aromatic heterocycles. The minimum atomic E-state index is -0.619. The van der Waals surface area contributed by atoms with Gasteiger partial charge in [-0.05, 0) is 75.4 Å². The molecule has 7 rings (SSSR count). The fraction of sp³-hybridized carbons (Fsp3) is 0.464. The molecule has 9 heteroatoms. The molecule has 3 aromatic rings. The van der Waals surface area contributed by atoms with Crippen LogP contribution in [-0.2, 0) is 22.7 Å². The van der Waals surface area contributed by atoms with Gasteiger partial charge in [-0.25, -0.2) is 9.97 Å². The molecule has 9 nitrogen and oxygen atoms in total. The monoisotopic (exact) mass is 498 g/mol. The zero-order valence-corrected chi connectivity index (χ0v) is 20.8. The zero-order chi connectivity index (χ0) is 25.1. The fourth-order valence-electron chi connectivity index (χ4n) is 6.17. The van der Waals surface area contributed by atoms with Crippen molar-refractivity contribution in [2.75, 3.05) is 13.1 Å². The van der Waals surface area contributed by atoms with E-state index in [2.05, 4.69) is 27.0 Å². The number of nitrogens with one attached hydrogen (secondary N) is 1. The SMILES string of the molecule is O=C1CCC(N2Cc3cc(-c4nc(CN5CCCC5)c5ccn(C6CCC6)c5n4)ccc3C2=O)C(=O)N1. The molecule has 3 amide bonds. The number of carbonyl (C=O) groups is 3. The van der Waals surface area contributed by atoms with Crippen molar-refractivity contribution in [3.8, 4) is 11.4 Å². The first-order valence-electron chi connectivity index (χ1n) is 13.4. The van der Waals surface area contributed by atoms with Gasteiger partial charge in [0.1, 0.15) is 11.7 Å². The standard InChI is InChI=1S/C28H30N6O3/c35-24-9-8-23(27(36)30-24)34-15-18-14-17(6-7-20(18)28(34)37)25-29-22(16-32-11-1-2-12-32)21-10-13-33(26(21)31-25)19-4-3-5-19/h6-7,10,13-14,19,23H,1-5,8-9,11-12,15-16H2,(H,30,35,36). The van der Waals surface area contributed by atoms with Crippen LogP contribution in [0.2, 0.25) is 0 Å². The Morgan fingerprint density at radius 3 is 2.57 bits per heavy atom. The average molecular weight is 499 g/mol. The third kappa shape index (κ3) is 3.83. The Labute approximate surface area is 214 Å². The summed E-state index contributed by atoms with van der Waals surface area (Å²) in [5.41, 5.74) is 4.39. The first-order valence-corrected chi connectivity index (χ1v) is 13.4. The summed E-state index contributed by atoms with van der Waals surface area (Å²) in [6.45, 7) is 3.35. The maximum Gasteiger partial charge on any atom is 0.255 e. The molecular formula is C28H30N6O3. The molecule has 0 radical (unpaired) electrons. The smallest absolute Gasteiger partial charge is 0.255 e. The van der Waals surface area contributed by atoms with Crippen molar-refractivity contribution in [1.29, 1.82) is 0 Å². The largest absolute Gasteiger partial charge is 0.329 e. The molecular weight excluding hydrogens is 468 g/mol. The summed E-state index contributed by atoms with van der Waals surface area (Å²) in [6, 6.07) is 7.80. The molecule has 190 valence electrons. The van der Waals surface area contributed by atoms with Crippen molar-refractivity contribution in [3.05, 3.63) is 47.3 Å². The van der Waals surface area contributed by atoms with Gasteiger partial charge in [-0.3, -0.25) is 24.6 Å². The van der Waals surface area contributed by atoms with Crippen molar-refractivity contribution in [3.63, 3.8) is 0 Å². The molecule has 1 atom stereocenters. The summed E-state index contributed by atoms with van der Waals surface area (Å²) in [5.74, 6) is -0.164. The Morgan fingerprint density at radius 2 is 1.81 bits per heavy atom. The number of imide groups is 1. The van der Waals surface area contributed by atoms with Gasteiger partial charge < -0.3 is 9.47 Å². The van der Waals surface area contributed by atoms with Gasteiger partial charge in [-0.15, -0.1) is 0 Å². The predicted molar refractivity (Wildman–Crippen MR) is 136 cm³/mol. The second-order valence-electron chi connectivity index (χ2n) is 10.8. The second-order valence-corrected chi connectivity index (χ2v) is 10.8. The minimum Gasteiger partial charge on any atom is -0.329 e. The Morgan fingerprint density at radius 1 is 0.973 bits per heavy atom. The summed E-state index contributed by atoms with van der Waals surface area (Å²) in [6.07, 6.45) is 8.85. The fourth-order valence-corrected chi connectivity index (χ4v) is 6.17. The van der Waals surface area contributed by atoms with Crippen LogP contribution in [0.5, 0.6) is 0 Å². The molecule has 1 unspecified atom stereocenters. The Hall–Kier alpha value is -3.59. The second kappa shape index (κ2) is 8.76. The van der Waals surface area contributed by atoms with Crippen LogP contribution in [0, 0.1) is 0 Å². The van der Waals surface area contributed by atoms with Gasteiger partial charge in [0.25, 0.3) is 5.91 Å². The summed E-state index contributed by atoms with van der Waals surface area (Å²) in [4.78, 5) is 51.3. The Kier molecular flexibility index (Phi) is 5.35. The molecule has 0 bridgehead atoms. The van der Waals surface area contributed by atoms with E-state index in [-0.39, 0.29) is 18.2 Å². The number of nitrogens with zero attached hydrogens (tertiary/aromatic N) is 5. The molecule has 5 heterocycles. The van der Waals surface area contributed by atoms with Gasteiger partial charge in [-0.2, -0.15) is 0 Å². The van der Waals surface area contributed by atoms with Crippen LogP contribution in [0.25, 0.3) is 22.4 Å². The van der Waals surface area contributed by atoms with Crippen LogP contribution in [-0.4, -0.2) is 61.2 Å². The number of carbonyl (C=O) groups excluding carboxylic acids is 3. The van der Waals surface area contributed by atoms with E-state index < -0.39 is 11.9 Å². The quantitative estimate of drug-likeness (QED) is 0.543. The maximum atomic E-state index is 13.1. The average Bonchev–Trinajstić information content (AvgIpc) is 3.58. The highest BCUT2D eigenvalue weighted by Gasteiger charge is 2.39. The van der Waals surface area contributed by atoms with Crippen LogP contribution in [0.4, 0.5) is 0 Å².